The first kappa shape index (κ1) is 30.9. The fraction of sp³-hybridized carbons (Fsp3) is 0.920. The Labute approximate surface area is 208 Å². The lowest BCUT2D eigenvalue weighted by Gasteiger charge is -2.22. The quantitative estimate of drug-likeness (QED) is 0.166. The van der Waals surface area contributed by atoms with Crippen LogP contribution in [0, 0.1) is 5.92 Å². The maximum atomic E-state index is 12.9. The molecule has 34 heavy (non-hydrogen) atoms. The number of likely N-dealkylation sites (N-methyl/N-ethyl adjacent to an activating group) is 1. The van der Waals surface area contributed by atoms with E-state index in [1.807, 2.05) is 11.9 Å². The van der Waals surface area contributed by atoms with Crippen LogP contribution >= 0.6 is 7.75 Å². The first-order valence-corrected chi connectivity index (χ1v) is 15.0. The minimum Gasteiger partial charge on any atom is -0.356 e. The van der Waals surface area contributed by atoms with Gasteiger partial charge in [-0.2, -0.15) is 0 Å². The number of carbonyl (C=O) groups is 1. The van der Waals surface area contributed by atoms with Gasteiger partial charge in [0.2, 0.25) is 11.9 Å². The Morgan fingerprint density at radius 3 is 2.09 bits per heavy atom. The van der Waals surface area contributed by atoms with Gasteiger partial charge in [-0.25, -0.2) is 4.57 Å². The average molecular weight is 503 g/mol. The predicted molar refractivity (Wildman–Crippen MR) is 141 cm³/mol. The molecule has 1 saturated heterocycles. The van der Waals surface area contributed by atoms with Crippen LogP contribution in [0.25, 0.3) is 0 Å². The number of unbranched alkanes of at least 4 members (excludes halogenated alkanes) is 8. The van der Waals surface area contributed by atoms with Crippen LogP contribution in [0.5, 0.6) is 0 Å². The van der Waals surface area contributed by atoms with Crippen molar-refractivity contribution in [1.82, 2.24) is 15.1 Å². The normalized spacial score (nSPS) is 16.4. The second-order valence-corrected chi connectivity index (χ2v) is 11.3. The number of nitrogens with zero attached hydrogens (tertiary/aromatic N) is 3. The molecule has 0 aromatic carbocycles. The molecular weight excluding hydrogens is 451 g/mol. The van der Waals surface area contributed by atoms with Crippen molar-refractivity contribution in [3.8, 4) is 0 Å². The number of amides is 1. The minimum absolute atomic E-state index is 0.132. The van der Waals surface area contributed by atoms with Crippen LogP contribution in [0.1, 0.15) is 97.3 Å². The number of guanidine groups is 1. The van der Waals surface area contributed by atoms with E-state index in [0.717, 1.165) is 51.7 Å². The Hall–Kier alpha value is -1.11. The molecule has 1 amide bonds. The third-order valence-corrected chi connectivity index (χ3v) is 7.94. The molecule has 1 unspecified atom stereocenters. The van der Waals surface area contributed by atoms with Crippen molar-refractivity contribution in [1.29, 1.82) is 0 Å². The molecule has 1 aliphatic rings. The maximum absolute atomic E-state index is 12.9. The maximum Gasteiger partial charge on any atom is 0.456 e. The molecule has 1 atom stereocenters. The average Bonchev–Trinajstić information content (AvgIpc) is 3.18. The number of rotatable bonds is 20. The lowest BCUT2D eigenvalue weighted by atomic mass is 9.93. The largest absolute Gasteiger partial charge is 0.456 e. The predicted octanol–water partition coefficient (Wildman–Crippen LogP) is 5.83. The molecule has 1 N–H and O–H groups in total. The van der Waals surface area contributed by atoms with Gasteiger partial charge in [0.1, 0.15) is 0 Å². The Morgan fingerprint density at radius 2 is 1.50 bits per heavy atom. The topological polar surface area (TPSA) is 83.5 Å². The van der Waals surface area contributed by atoms with E-state index >= 15 is 0 Å². The van der Waals surface area contributed by atoms with Crippen LogP contribution in [0.15, 0.2) is 4.76 Å². The third kappa shape index (κ3) is 12.0. The van der Waals surface area contributed by atoms with E-state index in [2.05, 4.69) is 28.8 Å². The zero-order chi connectivity index (χ0) is 25.2. The summed E-state index contributed by atoms with van der Waals surface area (Å²) in [5.41, 5.74) is 0. The molecule has 9 heteroatoms. The summed E-state index contributed by atoms with van der Waals surface area (Å²) in [5.74, 6) is 0.961. The van der Waals surface area contributed by atoms with Crippen molar-refractivity contribution in [3.05, 3.63) is 0 Å². The van der Waals surface area contributed by atoms with Gasteiger partial charge in [-0.15, -0.1) is 4.76 Å². The number of hydrogen-bond donors (Lipinski definition) is 1. The van der Waals surface area contributed by atoms with Crippen LogP contribution in [0.4, 0.5) is 0 Å². The van der Waals surface area contributed by atoms with Gasteiger partial charge in [-0.05, 0) is 19.3 Å². The number of nitrogens with one attached hydrogen (secondary N) is 1. The molecule has 0 aromatic heterocycles. The zero-order valence-electron chi connectivity index (χ0n) is 22.5. The van der Waals surface area contributed by atoms with E-state index in [0.29, 0.717) is 12.5 Å². The van der Waals surface area contributed by atoms with Crippen molar-refractivity contribution >= 4 is 19.6 Å². The summed E-state index contributed by atoms with van der Waals surface area (Å²) < 4.78 is 26.6. The standard InChI is InChI=1S/C25H51N4O4P/c1-6-8-10-12-13-15-18-23(17-14-11-9-7-2)24(30)26-19-16-20-29-22-21-28(3)25(29)27-34(31,32-4)33-5/h23H,6-22H2,1-5H3,(H,26,30). The van der Waals surface area contributed by atoms with E-state index < -0.39 is 7.75 Å². The van der Waals surface area contributed by atoms with Crippen molar-refractivity contribution in [2.24, 2.45) is 10.7 Å². The lowest BCUT2D eigenvalue weighted by molar-refractivity contribution is -0.125. The summed E-state index contributed by atoms with van der Waals surface area (Å²) >= 11 is 0. The van der Waals surface area contributed by atoms with E-state index in [4.69, 9.17) is 9.05 Å². The van der Waals surface area contributed by atoms with Crippen LogP contribution in [-0.4, -0.2) is 69.1 Å². The molecular formula is C25H51N4O4P. The second kappa shape index (κ2) is 18.2. The molecule has 1 heterocycles. The van der Waals surface area contributed by atoms with Crippen LogP contribution in [0.3, 0.4) is 0 Å². The molecule has 0 aliphatic carbocycles. The van der Waals surface area contributed by atoms with Crippen molar-refractivity contribution < 1.29 is 18.4 Å². The summed E-state index contributed by atoms with van der Waals surface area (Å²) in [6.07, 6.45) is 15.2. The van der Waals surface area contributed by atoms with Gasteiger partial charge in [-0.3, -0.25) is 13.8 Å². The summed E-state index contributed by atoms with van der Waals surface area (Å²) in [7, 11) is 1.12. The molecule has 0 aromatic rings. The monoisotopic (exact) mass is 502 g/mol. The zero-order valence-corrected chi connectivity index (χ0v) is 23.4. The first-order valence-electron chi connectivity index (χ1n) is 13.5. The Bertz CT molecular complexity index is 624. The number of hydrogen-bond acceptors (Lipinski definition) is 4. The second-order valence-electron chi connectivity index (χ2n) is 9.39. The van der Waals surface area contributed by atoms with E-state index in [9.17, 15) is 9.36 Å². The van der Waals surface area contributed by atoms with Gasteiger partial charge in [0.05, 0.1) is 0 Å². The Morgan fingerprint density at radius 1 is 0.941 bits per heavy atom. The molecule has 200 valence electrons. The van der Waals surface area contributed by atoms with Crippen LogP contribution in [0.2, 0.25) is 0 Å². The molecule has 0 radical (unpaired) electrons. The van der Waals surface area contributed by atoms with Gasteiger partial charge < -0.3 is 15.1 Å². The highest BCUT2D eigenvalue weighted by molar-refractivity contribution is 7.52. The van der Waals surface area contributed by atoms with Gasteiger partial charge in [0, 0.05) is 53.4 Å². The van der Waals surface area contributed by atoms with Gasteiger partial charge >= 0.3 is 7.75 Å². The summed E-state index contributed by atoms with van der Waals surface area (Å²) in [6, 6.07) is 0. The molecule has 0 saturated carbocycles. The van der Waals surface area contributed by atoms with E-state index in [-0.39, 0.29) is 11.8 Å². The summed E-state index contributed by atoms with van der Waals surface area (Å²) in [6.45, 7) is 7.43. The smallest absolute Gasteiger partial charge is 0.356 e. The highest BCUT2D eigenvalue weighted by Gasteiger charge is 2.29. The van der Waals surface area contributed by atoms with Gasteiger partial charge in [0.15, 0.2) is 0 Å². The molecule has 0 bridgehead atoms. The molecule has 1 rings (SSSR count). The van der Waals surface area contributed by atoms with Crippen molar-refractivity contribution in [2.75, 3.05) is 47.4 Å². The molecule has 1 aliphatic heterocycles. The summed E-state index contributed by atoms with van der Waals surface area (Å²) in [5, 5.41) is 3.18. The first-order chi connectivity index (χ1) is 16.4. The van der Waals surface area contributed by atoms with Crippen LogP contribution < -0.4 is 5.32 Å². The minimum atomic E-state index is -3.47. The highest BCUT2D eigenvalue weighted by Crippen LogP contribution is 2.48. The molecule has 8 nitrogen and oxygen atoms in total. The van der Waals surface area contributed by atoms with Gasteiger partial charge in [-0.1, -0.05) is 78.1 Å². The van der Waals surface area contributed by atoms with E-state index in [1.165, 1.54) is 65.6 Å². The Kier molecular flexibility index (Phi) is 16.6. The Balaban J connectivity index is 2.49. The molecule has 1 fully saturated rings. The van der Waals surface area contributed by atoms with Crippen molar-refractivity contribution in [3.63, 3.8) is 0 Å². The van der Waals surface area contributed by atoms with Crippen molar-refractivity contribution in [2.45, 2.75) is 97.3 Å². The SMILES string of the molecule is CCCCCCCCC(CCCCCC)C(=O)NCCCN1CCN(C)C1=NP(=O)(OC)OC. The van der Waals surface area contributed by atoms with Crippen LogP contribution in [-0.2, 0) is 18.4 Å². The lowest BCUT2D eigenvalue weighted by Crippen LogP contribution is -2.36. The van der Waals surface area contributed by atoms with Gasteiger partial charge in [0.25, 0.3) is 0 Å². The third-order valence-electron chi connectivity index (χ3n) is 6.59. The highest BCUT2D eigenvalue weighted by atomic mass is 31.2. The van der Waals surface area contributed by atoms with E-state index in [1.54, 1.807) is 0 Å². The number of carbonyl (C=O) groups excluding carboxylic acids is 1. The summed E-state index contributed by atoms with van der Waals surface area (Å²) in [4.78, 5) is 17.0. The molecule has 0 spiro atoms. The fourth-order valence-corrected chi connectivity index (χ4v) is 5.16. The fourth-order valence-electron chi connectivity index (χ4n) is 4.35.